The van der Waals surface area contributed by atoms with Gasteiger partial charge in [-0.2, -0.15) is 0 Å². The summed E-state index contributed by atoms with van der Waals surface area (Å²) in [5.41, 5.74) is 0.0578. The van der Waals surface area contributed by atoms with Crippen LogP contribution in [0.5, 0.6) is 0 Å². The van der Waals surface area contributed by atoms with E-state index in [4.69, 9.17) is 2.74 Å². The van der Waals surface area contributed by atoms with Gasteiger partial charge in [-0.1, -0.05) is 0 Å². The van der Waals surface area contributed by atoms with Gasteiger partial charge in [0.1, 0.15) is 0 Å². The van der Waals surface area contributed by atoms with E-state index < -0.39 is 0 Å². The van der Waals surface area contributed by atoms with Gasteiger partial charge in [-0.15, -0.1) is 0 Å². The second-order valence-electron chi connectivity index (χ2n) is 3.53. The van der Waals surface area contributed by atoms with Crippen molar-refractivity contribution in [3.05, 3.63) is 0 Å². The molecule has 1 rings (SSSR count). The highest BCUT2D eigenvalue weighted by atomic mass is 15.2. The van der Waals surface area contributed by atoms with Gasteiger partial charge in [-0.25, -0.2) is 0 Å². The summed E-state index contributed by atoms with van der Waals surface area (Å²) >= 11 is 0. The summed E-state index contributed by atoms with van der Waals surface area (Å²) in [4.78, 5) is 2.09. The third-order valence-corrected chi connectivity index (χ3v) is 1.68. The van der Waals surface area contributed by atoms with Gasteiger partial charge in [0.2, 0.25) is 0 Å². The number of rotatable bonds is 0. The van der Waals surface area contributed by atoms with Crippen LogP contribution in [-0.2, 0) is 0 Å². The summed E-state index contributed by atoms with van der Waals surface area (Å²) in [6.45, 7) is 6.92. The van der Waals surface area contributed by atoms with Crippen LogP contribution in [0.15, 0.2) is 0 Å². The van der Waals surface area contributed by atoms with Crippen LogP contribution in [0.3, 0.4) is 0 Å². The van der Waals surface area contributed by atoms with E-state index in [-0.39, 0.29) is 18.5 Å². The maximum absolute atomic E-state index is 7.68. The highest BCUT2D eigenvalue weighted by molar-refractivity contribution is 4.79. The van der Waals surface area contributed by atoms with Crippen LogP contribution in [0.25, 0.3) is 0 Å². The van der Waals surface area contributed by atoms with E-state index in [0.717, 1.165) is 6.54 Å². The number of hydrogen-bond acceptors (Lipinski definition) is 1. The van der Waals surface area contributed by atoms with Gasteiger partial charge in [0.15, 0.2) is 0 Å². The smallest absolute Gasteiger partial charge is 0.0431 e. The summed E-state index contributed by atoms with van der Waals surface area (Å²) in [7, 11) is 0. The highest BCUT2D eigenvalue weighted by Crippen LogP contribution is 2.19. The van der Waals surface area contributed by atoms with Gasteiger partial charge in [0, 0.05) is 8.28 Å². The van der Waals surface area contributed by atoms with E-state index in [9.17, 15) is 0 Å². The average molecular weight is 129 g/mol. The van der Waals surface area contributed by atoms with E-state index in [0.29, 0.717) is 6.42 Å². The molecule has 0 bridgehead atoms. The molecule has 0 amide bonds. The minimum atomic E-state index is -0.155. The molecular formula is C8H17N. The lowest BCUT2D eigenvalue weighted by Gasteiger charge is -2.31. The SMILES string of the molecule is [2H]C1CC([2H])N(C(C)(C)C)C1. The zero-order valence-electron chi connectivity index (χ0n) is 8.52. The Hall–Kier alpha value is -0.0400. The summed E-state index contributed by atoms with van der Waals surface area (Å²) < 4.78 is 15.2. The lowest BCUT2D eigenvalue weighted by Crippen LogP contribution is -2.38. The van der Waals surface area contributed by atoms with Gasteiger partial charge >= 0.3 is 0 Å². The Labute approximate surface area is 60.9 Å². The van der Waals surface area contributed by atoms with E-state index in [1.807, 2.05) is 0 Å². The van der Waals surface area contributed by atoms with Crippen molar-refractivity contribution in [1.29, 1.82) is 0 Å². The monoisotopic (exact) mass is 129 g/mol. The Morgan fingerprint density at radius 2 is 2.11 bits per heavy atom. The molecule has 1 aliphatic heterocycles. The van der Waals surface area contributed by atoms with Crippen molar-refractivity contribution in [2.45, 2.75) is 39.1 Å². The lowest BCUT2D eigenvalue weighted by atomic mass is 10.1. The number of hydrogen-bond donors (Lipinski definition) is 0. The van der Waals surface area contributed by atoms with Crippen LogP contribution in [0.2, 0.25) is 0 Å². The zero-order chi connectivity index (χ0) is 8.65. The first-order chi connectivity index (χ1) is 4.91. The molecule has 1 heteroatoms. The molecule has 0 aromatic heterocycles. The molecule has 0 radical (unpaired) electrons. The first-order valence-electron chi connectivity index (χ1n) is 4.68. The van der Waals surface area contributed by atoms with Crippen LogP contribution < -0.4 is 0 Å². The molecule has 0 aromatic rings. The predicted octanol–water partition coefficient (Wildman–Crippen LogP) is 1.88. The molecule has 1 aliphatic rings. The molecule has 2 unspecified atom stereocenters. The molecule has 0 spiro atoms. The molecule has 2 atom stereocenters. The largest absolute Gasteiger partial charge is 0.298 e. The number of likely N-dealkylation sites (tertiary alicyclic amines) is 1. The minimum absolute atomic E-state index is 0.0447. The van der Waals surface area contributed by atoms with Crippen LogP contribution in [-0.4, -0.2) is 23.5 Å². The molecule has 9 heavy (non-hydrogen) atoms. The summed E-state index contributed by atoms with van der Waals surface area (Å²) in [6.07, 6.45) is 0.661. The van der Waals surface area contributed by atoms with Crippen LogP contribution in [0.1, 0.15) is 36.3 Å². The Kier molecular flexibility index (Phi) is 1.21. The van der Waals surface area contributed by atoms with Gasteiger partial charge < -0.3 is 0 Å². The Bertz CT molecular complexity index is 142. The molecule has 54 valence electrons. The van der Waals surface area contributed by atoms with Crippen molar-refractivity contribution in [3.8, 4) is 0 Å². The molecule has 1 heterocycles. The topological polar surface area (TPSA) is 3.24 Å². The molecule has 0 aromatic carbocycles. The van der Waals surface area contributed by atoms with Crippen LogP contribution >= 0.6 is 0 Å². The molecule has 0 saturated carbocycles. The summed E-state index contributed by atoms with van der Waals surface area (Å²) in [5, 5.41) is 0. The van der Waals surface area contributed by atoms with Gasteiger partial charge in [-0.05, 0) is 46.7 Å². The van der Waals surface area contributed by atoms with Crippen molar-refractivity contribution in [2.75, 3.05) is 13.1 Å². The fourth-order valence-electron chi connectivity index (χ4n) is 1.04. The summed E-state index contributed by atoms with van der Waals surface area (Å²) in [6, 6.07) is 0. The Morgan fingerprint density at radius 1 is 1.44 bits per heavy atom. The maximum atomic E-state index is 7.68. The van der Waals surface area contributed by atoms with Crippen molar-refractivity contribution in [1.82, 2.24) is 4.90 Å². The van der Waals surface area contributed by atoms with E-state index >= 15 is 0 Å². The highest BCUT2D eigenvalue weighted by Gasteiger charge is 2.23. The van der Waals surface area contributed by atoms with Crippen LogP contribution in [0.4, 0.5) is 0 Å². The van der Waals surface area contributed by atoms with Crippen LogP contribution in [0, 0.1) is 0 Å². The maximum Gasteiger partial charge on any atom is 0.0431 e. The fraction of sp³-hybridized carbons (Fsp3) is 1.00. The predicted molar refractivity (Wildman–Crippen MR) is 40.6 cm³/mol. The first kappa shape index (κ1) is 4.73. The van der Waals surface area contributed by atoms with Gasteiger partial charge in [0.05, 0.1) is 0 Å². The summed E-state index contributed by atoms with van der Waals surface area (Å²) in [5.74, 6) is 0. The van der Waals surface area contributed by atoms with Gasteiger partial charge in [0.25, 0.3) is 0 Å². The molecular weight excluding hydrogens is 110 g/mol. The molecule has 0 aliphatic carbocycles. The molecule has 1 fully saturated rings. The van der Waals surface area contributed by atoms with Crippen molar-refractivity contribution < 1.29 is 2.74 Å². The quantitative estimate of drug-likeness (QED) is 0.482. The third-order valence-electron chi connectivity index (χ3n) is 1.68. The molecule has 1 nitrogen and oxygen atoms in total. The minimum Gasteiger partial charge on any atom is -0.298 e. The Balaban J connectivity index is 2.60. The standard InChI is InChI=1S/C8H17N/c1-8(2,3)9-6-4-5-7-9/h4-7H2,1-3H3/i4D,7D. The third kappa shape index (κ3) is 1.68. The second kappa shape index (κ2) is 2.30. The lowest BCUT2D eigenvalue weighted by molar-refractivity contribution is 0.175. The zero-order valence-corrected chi connectivity index (χ0v) is 6.52. The van der Waals surface area contributed by atoms with Gasteiger partial charge in [-0.3, -0.25) is 4.90 Å². The second-order valence-corrected chi connectivity index (χ2v) is 3.53. The van der Waals surface area contributed by atoms with Crippen molar-refractivity contribution >= 4 is 0 Å². The number of nitrogens with zero attached hydrogens (tertiary/aromatic N) is 1. The van der Waals surface area contributed by atoms with E-state index in [1.165, 1.54) is 0 Å². The molecule has 1 saturated heterocycles. The van der Waals surface area contributed by atoms with Crippen molar-refractivity contribution in [2.24, 2.45) is 0 Å². The average Bonchev–Trinajstić information content (AvgIpc) is 2.08. The van der Waals surface area contributed by atoms with Crippen molar-refractivity contribution in [3.63, 3.8) is 0 Å². The van der Waals surface area contributed by atoms with E-state index in [1.54, 1.807) is 0 Å². The normalized spacial score (nSPS) is 42.6. The van der Waals surface area contributed by atoms with E-state index in [2.05, 4.69) is 25.7 Å². The fourth-order valence-corrected chi connectivity index (χ4v) is 1.04. The first-order valence-corrected chi connectivity index (χ1v) is 3.52. The Morgan fingerprint density at radius 3 is 2.33 bits per heavy atom. The molecule has 0 N–H and O–H groups in total.